The number of benzene rings is 1. The maximum atomic E-state index is 12.3. The molecular weight excluding hydrogens is 333 g/mol. The molecule has 2 rings (SSSR count). The second-order valence-corrected chi connectivity index (χ2v) is 5.37. The first-order valence-electron chi connectivity index (χ1n) is 7.10. The zero-order valence-corrected chi connectivity index (χ0v) is 13.6. The average Bonchev–Trinajstić information content (AvgIpc) is 2.45. The molecule has 0 unspecified atom stereocenters. The fourth-order valence-corrected chi connectivity index (χ4v) is 2.28. The summed E-state index contributed by atoms with van der Waals surface area (Å²) in [5.41, 5.74) is 1.10. The van der Waals surface area contributed by atoms with Gasteiger partial charge in [0.15, 0.2) is 6.61 Å². The van der Waals surface area contributed by atoms with Gasteiger partial charge in [0.2, 0.25) is 0 Å². The zero-order valence-electron chi connectivity index (χ0n) is 12.8. The number of carbonyl (C=O) groups excluding carboxylic acids is 1. The Morgan fingerprint density at radius 3 is 2.22 bits per heavy atom. The molecule has 130 valence electrons. The number of ether oxygens (including phenoxy) is 1. The van der Waals surface area contributed by atoms with Gasteiger partial charge in [0.05, 0.1) is 6.54 Å². The van der Waals surface area contributed by atoms with Crippen LogP contribution in [-0.2, 0) is 4.79 Å². The number of carbonyl (C=O) groups is 1. The Morgan fingerprint density at radius 2 is 1.70 bits per heavy atom. The number of alkyl halides is 3. The van der Waals surface area contributed by atoms with Crippen molar-refractivity contribution in [3.8, 4) is 5.75 Å². The number of hydrogen-bond donors (Lipinski definition) is 0. The number of hydrogen-bond acceptors (Lipinski definition) is 3. The Morgan fingerprint density at radius 1 is 1.13 bits per heavy atom. The van der Waals surface area contributed by atoms with Gasteiger partial charge in [0, 0.05) is 26.2 Å². The van der Waals surface area contributed by atoms with E-state index in [0.29, 0.717) is 18.8 Å². The number of amides is 1. The molecule has 0 aliphatic carbocycles. The summed E-state index contributed by atoms with van der Waals surface area (Å²) in [7, 11) is 0. The van der Waals surface area contributed by atoms with Gasteiger partial charge in [-0.1, -0.05) is 17.7 Å². The van der Waals surface area contributed by atoms with Crippen molar-refractivity contribution < 1.29 is 22.7 Å². The Balaban J connectivity index is 0.00000264. The van der Waals surface area contributed by atoms with Gasteiger partial charge in [-0.25, -0.2) is 0 Å². The average molecular weight is 353 g/mol. The van der Waals surface area contributed by atoms with Crippen LogP contribution in [0.25, 0.3) is 0 Å². The van der Waals surface area contributed by atoms with Gasteiger partial charge in [-0.05, 0) is 19.1 Å². The van der Waals surface area contributed by atoms with Crippen molar-refractivity contribution in [2.75, 3.05) is 39.3 Å². The number of rotatable bonds is 4. The molecule has 1 aliphatic rings. The summed E-state index contributed by atoms with van der Waals surface area (Å²) in [5, 5.41) is 0. The van der Waals surface area contributed by atoms with Crippen molar-refractivity contribution >= 4 is 18.3 Å². The molecule has 1 fully saturated rings. The molecule has 1 saturated heterocycles. The topological polar surface area (TPSA) is 32.8 Å². The summed E-state index contributed by atoms with van der Waals surface area (Å²) in [6, 6.07) is 7.33. The van der Waals surface area contributed by atoms with Gasteiger partial charge in [-0.2, -0.15) is 13.2 Å². The highest BCUT2D eigenvalue weighted by molar-refractivity contribution is 5.85. The van der Waals surface area contributed by atoms with Gasteiger partial charge in [0.25, 0.3) is 5.91 Å². The summed E-state index contributed by atoms with van der Waals surface area (Å²) in [6.07, 6.45) is -4.19. The fraction of sp³-hybridized carbons (Fsp3) is 0.533. The number of halogens is 4. The first-order valence-corrected chi connectivity index (χ1v) is 7.10. The predicted octanol–water partition coefficient (Wildman–Crippen LogP) is 2.50. The maximum Gasteiger partial charge on any atom is 0.401 e. The van der Waals surface area contributed by atoms with Crippen molar-refractivity contribution in [2.45, 2.75) is 13.1 Å². The highest BCUT2D eigenvalue weighted by atomic mass is 35.5. The van der Waals surface area contributed by atoms with Crippen LogP contribution in [0.5, 0.6) is 5.75 Å². The van der Waals surface area contributed by atoms with Gasteiger partial charge in [-0.15, -0.1) is 12.4 Å². The van der Waals surface area contributed by atoms with Gasteiger partial charge >= 0.3 is 6.18 Å². The summed E-state index contributed by atoms with van der Waals surface area (Å²) < 4.78 is 42.3. The third-order valence-corrected chi connectivity index (χ3v) is 3.51. The molecule has 8 heteroatoms. The Hall–Kier alpha value is -1.47. The lowest BCUT2D eigenvalue weighted by Crippen LogP contribution is -2.51. The highest BCUT2D eigenvalue weighted by Gasteiger charge is 2.32. The lowest BCUT2D eigenvalue weighted by Gasteiger charge is -2.34. The van der Waals surface area contributed by atoms with Crippen LogP contribution >= 0.6 is 12.4 Å². The molecule has 0 saturated carbocycles. The van der Waals surface area contributed by atoms with Crippen LogP contribution in [0.4, 0.5) is 13.2 Å². The van der Waals surface area contributed by atoms with Crippen molar-refractivity contribution in [3.63, 3.8) is 0 Å². The molecule has 4 nitrogen and oxygen atoms in total. The summed E-state index contributed by atoms with van der Waals surface area (Å²) in [4.78, 5) is 14.8. The van der Waals surface area contributed by atoms with Crippen LogP contribution in [-0.4, -0.2) is 61.2 Å². The molecule has 23 heavy (non-hydrogen) atoms. The lowest BCUT2D eigenvalue weighted by atomic mass is 10.2. The minimum atomic E-state index is -4.19. The molecule has 0 N–H and O–H groups in total. The molecule has 1 aliphatic heterocycles. The predicted molar refractivity (Wildman–Crippen MR) is 83.0 cm³/mol. The summed E-state index contributed by atoms with van der Waals surface area (Å²) in [6.45, 7) is 2.00. The largest absolute Gasteiger partial charge is 0.484 e. The minimum absolute atomic E-state index is 0. The summed E-state index contributed by atoms with van der Waals surface area (Å²) in [5.74, 6) is 0.405. The van der Waals surface area contributed by atoms with E-state index in [4.69, 9.17) is 4.74 Å². The van der Waals surface area contributed by atoms with Gasteiger partial charge in [-0.3, -0.25) is 9.69 Å². The normalized spacial score (nSPS) is 15.9. The third kappa shape index (κ3) is 6.66. The lowest BCUT2D eigenvalue weighted by molar-refractivity contribution is -0.152. The molecule has 0 atom stereocenters. The van der Waals surface area contributed by atoms with Crippen LogP contribution in [0.3, 0.4) is 0 Å². The smallest absolute Gasteiger partial charge is 0.401 e. The number of piperazine rings is 1. The second kappa shape index (κ2) is 8.40. The van der Waals surface area contributed by atoms with E-state index in [0.717, 1.165) is 5.56 Å². The monoisotopic (exact) mass is 352 g/mol. The maximum absolute atomic E-state index is 12.3. The quantitative estimate of drug-likeness (QED) is 0.834. The van der Waals surface area contributed by atoms with E-state index in [2.05, 4.69) is 0 Å². The molecule has 1 aromatic rings. The number of nitrogens with zero attached hydrogens (tertiary/aromatic N) is 2. The van der Waals surface area contributed by atoms with E-state index in [1.807, 2.05) is 19.1 Å². The van der Waals surface area contributed by atoms with Gasteiger partial charge < -0.3 is 9.64 Å². The first kappa shape index (κ1) is 19.6. The Kier molecular flexibility index (Phi) is 7.15. The molecule has 0 aromatic heterocycles. The van der Waals surface area contributed by atoms with E-state index in [1.165, 1.54) is 4.90 Å². The molecular formula is C15H20ClF3N2O2. The van der Waals surface area contributed by atoms with Gasteiger partial charge in [0.1, 0.15) is 5.75 Å². The van der Waals surface area contributed by atoms with E-state index >= 15 is 0 Å². The molecule has 0 spiro atoms. The fourth-order valence-electron chi connectivity index (χ4n) is 2.28. The van der Waals surface area contributed by atoms with Crippen molar-refractivity contribution in [1.82, 2.24) is 9.80 Å². The number of aryl methyl sites for hydroxylation is 1. The van der Waals surface area contributed by atoms with Crippen LogP contribution in [0.2, 0.25) is 0 Å². The summed E-state index contributed by atoms with van der Waals surface area (Å²) >= 11 is 0. The SMILES string of the molecule is Cc1ccc(OCC(=O)N2CCN(CC(F)(F)F)CC2)cc1.Cl. The molecule has 1 aromatic carbocycles. The highest BCUT2D eigenvalue weighted by Crippen LogP contribution is 2.17. The Labute approximate surface area is 139 Å². The second-order valence-electron chi connectivity index (χ2n) is 5.37. The van der Waals surface area contributed by atoms with Crippen LogP contribution in [0, 0.1) is 6.92 Å². The van der Waals surface area contributed by atoms with E-state index in [1.54, 1.807) is 17.0 Å². The minimum Gasteiger partial charge on any atom is -0.484 e. The van der Waals surface area contributed by atoms with Crippen molar-refractivity contribution in [1.29, 1.82) is 0 Å². The van der Waals surface area contributed by atoms with Crippen molar-refractivity contribution in [3.05, 3.63) is 29.8 Å². The zero-order chi connectivity index (χ0) is 16.2. The van der Waals surface area contributed by atoms with Crippen LogP contribution in [0.1, 0.15) is 5.56 Å². The molecule has 1 heterocycles. The van der Waals surface area contributed by atoms with Crippen LogP contribution in [0.15, 0.2) is 24.3 Å². The molecule has 1 amide bonds. The Bertz CT molecular complexity index is 500. The van der Waals surface area contributed by atoms with E-state index < -0.39 is 12.7 Å². The third-order valence-electron chi connectivity index (χ3n) is 3.51. The first-order chi connectivity index (χ1) is 10.3. The van der Waals surface area contributed by atoms with Crippen molar-refractivity contribution in [2.24, 2.45) is 0 Å². The molecule has 0 bridgehead atoms. The van der Waals surface area contributed by atoms with E-state index in [9.17, 15) is 18.0 Å². The standard InChI is InChI=1S/C15H19F3N2O2.ClH/c1-12-2-4-13(5-3-12)22-10-14(21)20-8-6-19(7-9-20)11-15(16,17)18;/h2-5H,6-11H2,1H3;1H. The van der Waals surface area contributed by atoms with Crippen LogP contribution < -0.4 is 4.74 Å². The molecule has 0 radical (unpaired) electrons. The van der Waals surface area contributed by atoms with E-state index in [-0.39, 0.29) is 38.0 Å².